The Hall–Kier alpha value is -1.51. The fourth-order valence-corrected chi connectivity index (χ4v) is 2.47. The van der Waals surface area contributed by atoms with E-state index in [9.17, 15) is 5.11 Å². The molecule has 0 aliphatic carbocycles. The molecule has 2 nitrogen and oxygen atoms in total. The molecule has 3 rings (SSSR count). The molecule has 3 heteroatoms. The van der Waals surface area contributed by atoms with Gasteiger partial charge in [0.15, 0.2) is 0 Å². The van der Waals surface area contributed by atoms with Gasteiger partial charge in [-0.15, -0.1) is 0 Å². The summed E-state index contributed by atoms with van der Waals surface area (Å²) in [5, 5.41) is 10.8. The molecule has 0 bridgehead atoms. The van der Waals surface area contributed by atoms with E-state index in [0.29, 0.717) is 17.2 Å². The summed E-state index contributed by atoms with van der Waals surface area (Å²) in [6, 6.07) is 15.3. The second kappa shape index (κ2) is 4.63. The minimum Gasteiger partial charge on any atom is -0.485 e. The first-order valence-corrected chi connectivity index (χ1v) is 6.31. The Morgan fingerprint density at radius 2 is 1.89 bits per heavy atom. The van der Waals surface area contributed by atoms with E-state index in [4.69, 9.17) is 16.3 Å². The van der Waals surface area contributed by atoms with Gasteiger partial charge >= 0.3 is 0 Å². The van der Waals surface area contributed by atoms with E-state index >= 15 is 0 Å². The number of fused-ring (bicyclic) bond motifs is 1. The molecule has 1 aliphatic rings. The van der Waals surface area contributed by atoms with Crippen LogP contribution < -0.4 is 4.74 Å². The predicted molar refractivity (Wildman–Crippen MR) is 70.8 cm³/mol. The molecule has 18 heavy (non-hydrogen) atoms. The summed E-state index contributed by atoms with van der Waals surface area (Å²) in [4.78, 5) is 0. The smallest absolute Gasteiger partial charge is 0.127 e. The van der Waals surface area contributed by atoms with E-state index in [-0.39, 0.29) is 6.10 Å². The number of hydrogen-bond acceptors (Lipinski definition) is 2. The number of halogens is 1. The van der Waals surface area contributed by atoms with Crippen molar-refractivity contribution in [3.8, 4) is 5.75 Å². The highest BCUT2D eigenvalue weighted by Crippen LogP contribution is 2.41. The number of hydrogen-bond donors (Lipinski definition) is 1. The van der Waals surface area contributed by atoms with Gasteiger partial charge in [-0.2, -0.15) is 0 Å². The molecule has 0 radical (unpaired) electrons. The van der Waals surface area contributed by atoms with E-state index < -0.39 is 6.10 Å². The lowest BCUT2D eigenvalue weighted by Crippen LogP contribution is -2.18. The van der Waals surface area contributed by atoms with Gasteiger partial charge in [-0.05, 0) is 23.8 Å². The Balaban J connectivity index is 1.95. The van der Waals surface area contributed by atoms with Crippen LogP contribution in [0.5, 0.6) is 5.75 Å². The van der Waals surface area contributed by atoms with Gasteiger partial charge in [-0.3, -0.25) is 0 Å². The van der Waals surface area contributed by atoms with Gasteiger partial charge in [0.2, 0.25) is 0 Å². The van der Waals surface area contributed by atoms with Crippen molar-refractivity contribution in [2.75, 3.05) is 0 Å². The van der Waals surface area contributed by atoms with Gasteiger partial charge < -0.3 is 9.84 Å². The van der Waals surface area contributed by atoms with Crippen molar-refractivity contribution in [1.29, 1.82) is 0 Å². The first-order chi connectivity index (χ1) is 8.74. The zero-order valence-corrected chi connectivity index (χ0v) is 10.5. The van der Waals surface area contributed by atoms with Gasteiger partial charge in [0.25, 0.3) is 0 Å². The Bertz CT molecular complexity index is 554. The van der Waals surface area contributed by atoms with Crippen LogP contribution in [0.15, 0.2) is 48.5 Å². The normalized spacial score (nSPS) is 22.1. The van der Waals surface area contributed by atoms with Crippen LogP contribution in [-0.2, 0) is 0 Å². The molecule has 0 fully saturated rings. The molecule has 0 aromatic heterocycles. The van der Waals surface area contributed by atoms with Crippen LogP contribution in [-0.4, -0.2) is 5.11 Å². The fourth-order valence-electron chi connectivity index (χ4n) is 2.29. The zero-order chi connectivity index (χ0) is 12.5. The number of rotatable bonds is 1. The molecule has 1 heterocycles. The predicted octanol–water partition coefficient (Wildman–Crippen LogP) is 3.90. The number of benzene rings is 2. The Morgan fingerprint density at radius 1 is 1.11 bits per heavy atom. The van der Waals surface area contributed by atoms with Gasteiger partial charge in [0.05, 0.1) is 6.10 Å². The number of aliphatic hydroxyl groups is 1. The SMILES string of the molecule is O[C@H]1CC(c2ccccc2)Oc2ccc(Cl)cc21. The quantitative estimate of drug-likeness (QED) is 0.843. The molecule has 1 N–H and O–H groups in total. The van der Waals surface area contributed by atoms with Crippen molar-refractivity contribution in [1.82, 2.24) is 0 Å². The number of ether oxygens (including phenoxy) is 1. The van der Waals surface area contributed by atoms with Gasteiger partial charge in [-0.25, -0.2) is 0 Å². The van der Waals surface area contributed by atoms with E-state index in [1.54, 1.807) is 12.1 Å². The largest absolute Gasteiger partial charge is 0.485 e. The topological polar surface area (TPSA) is 29.5 Å². The molecular weight excluding hydrogens is 248 g/mol. The summed E-state index contributed by atoms with van der Waals surface area (Å²) in [6.45, 7) is 0. The maximum atomic E-state index is 10.2. The maximum Gasteiger partial charge on any atom is 0.127 e. The first-order valence-electron chi connectivity index (χ1n) is 5.93. The summed E-state index contributed by atoms with van der Waals surface area (Å²) in [5.74, 6) is 0.715. The molecule has 0 saturated carbocycles. The van der Waals surface area contributed by atoms with Crippen molar-refractivity contribution < 1.29 is 9.84 Å². The molecule has 0 spiro atoms. The van der Waals surface area contributed by atoms with Crippen molar-refractivity contribution in [3.05, 3.63) is 64.7 Å². The number of aliphatic hydroxyl groups excluding tert-OH is 1. The van der Waals surface area contributed by atoms with Gasteiger partial charge in [-0.1, -0.05) is 41.9 Å². The third-order valence-corrected chi connectivity index (χ3v) is 3.44. The van der Waals surface area contributed by atoms with Crippen LogP contribution in [0.1, 0.15) is 29.8 Å². The van der Waals surface area contributed by atoms with Crippen LogP contribution >= 0.6 is 11.6 Å². The zero-order valence-electron chi connectivity index (χ0n) is 9.71. The second-order valence-electron chi connectivity index (χ2n) is 4.45. The van der Waals surface area contributed by atoms with Crippen molar-refractivity contribution in [2.24, 2.45) is 0 Å². The maximum absolute atomic E-state index is 10.2. The van der Waals surface area contributed by atoms with Crippen LogP contribution in [0.3, 0.4) is 0 Å². The molecule has 2 aromatic carbocycles. The Kier molecular flexibility index (Phi) is 2.98. The van der Waals surface area contributed by atoms with Crippen LogP contribution in [0.4, 0.5) is 0 Å². The summed E-state index contributed by atoms with van der Waals surface area (Å²) in [6.07, 6.45) is -0.0790. The lowest BCUT2D eigenvalue weighted by molar-refractivity contribution is 0.0657. The van der Waals surface area contributed by atoms with Crippen LogP contribution in [0, 0.1) is 0 Å². The van der Waals surface area contributed by atoms with Crippen molar-refractivity contribution in [3.63, 3.8) is 0 Å². The third-order valence-electron chi connectivity index (χ3n) is 3.21. The Morgan fingerprint density at radius 3 is 2.67 bits per heavy atom. The average molecular weight is 261 g/mol. The highest BCUT2D eigenvalue weighted by atomic mass is 35.5. The summed E-state index contributed by atoms with van der Waals surface area (Å²) in [5.41, 5.74) is 1.85. The average Bonchev–Trinajstić information content (AvgIpc) is 2.40. The van der Waals surface area contributed by atoms with E-state index in [0.717, 1.165) is 11.1 Å². The molecule has 1 unspecified atom stereocenters. The lowest BCUT2D eigenvalue weighted by Gasteiger charge is -2.30. The third kappa shape index (κ3) is 2.09. The van der Waals surface area contributed by atoms with E-state index in [1.165, 1.54) is 0 Å². The second-order valence-corrected chi connectivity index (χ2v) is 4.89. The highest BCUT2D eigenvalue weighted by molar-refractivity contribution is 6.30. The molecule has 0 amide bonds. The molecule has 2 atom stereocenters. The van der Waals surface area contributed by atoms with Crippen LogP contribution in [0.2, 0.25) is 5.02 Å². The molecule has 0 saturated heterocycles. The lowest BCUT2D eigenvalue weighted by atomic mass is 9.95. The minimum atomic E-state index is -0.530. The fraction of sp³-hybridized carbons (Fsp3) is 0.200. The van der Waals surface area contributed by atoms with Crippen molar-refractivity contribution in [2.45, 2.75) is 18.6 Å². The summed E-state index contributed by atoms with van der Waals surface area (Å²) >= 11 is 5.93. The monoisotopic (exact) mass is 260 g/mol. The molecule has 1 aliphatic heterocycles. The summed E-state index contributed by atoms with van der Waals surface area (Å²) < 4.78 is 5.92. The Labute approximate surface area is 111 Å². The highest BCUT2D eigenvalue weighted by Gasteiger charge is 2.27. The molecule has 92 valence electrons. The van der Waals surface area contributed by atoms with Gasteiger partial charge in [0.1, 0.15) is 11.9 Å². The summed E-state index contributed by atoms with van der Waals surface area (Å²) in [7, 11) is 0. The van der Waals surface area contributed by atoms with Gasteiger partial charge in [0, 0.05) is 17.0 Å². The van der Waals surface area contributed by atoms with Crippen LogP contribution in [0.25, 0.3) is 0 Å². The van der Waals surface area contributed by atoms with E-state index in [1.807, 2.05) is 36.4 Å². The standard InChI is InChI=1S/C15H13ClO2/c16-11-6-7-14-12(8-11)13(17)9-15(18-14)10-4-2-1-3-5-10/h1-8,13,15,17H,9H2/t13-,15?/m0/s1. The molecular formula is C15H13ClO2. The van der Waals surface area contributed by atoms with Crippen molar-refractivity contribution >= 4 is 11.6 Å². The minimum absolute atomic E-state index is 0.102. The molecule has 2 aromatic rings. The van der Waals surface area contributed by atoms with E-state index in [2.05, 4.69) is 0 Å². The first kappa shape index (κ1) is 11.6.